The summed E-state index contributed by atoms with van der Waals surface area (Å²) >= 11 is 0. The Labute approximate surface area is 373 Å². The average molecular weight is 891 g/mol. The summed E-state index contributed by atoms with van der Waals surface area (Å²) < 4.78 is 63.5. The molecule has 0 aromatic rings. The van der Waals surface area contributed by atoms with Gasteiger partial charge in [0.15, 0.2) is 24.0 Å². The third-order valence-corrected chi connectivity index (χ3v) is 15.1. The van der Waals surface area contributed by atoms with Crippen molar-refractivity contribution in [3.63, 3.8) is 0 Å². The summed E-state index contributed by atoms with van der Waals surface area (Å²) in [6.07, 6.45) is 5.79. The molecule has 0 unspecified atom stereocenters. The molecule has 1 spiro atoms. The first-order chi connectivity index (χ1) is 29.9. The van der Waals surface area contributed by atoms with Crippen molar-refractivity contribution in [2.24, 2.45) is 23.7 Å². The molecule has 6 aliphatic heterocycles. The zero-order valence-corrected chi connectivity index (χ0v) is 38.8. The second kappa shape index (κ2) is 19.6. The molecule has 6 heterocycles. The Bertz CT molecular complexity index is 1730. The molecular formula is C48H74O15. The summed E-state index contributed by atoms with van der Waals surface area (Å²) in [5.41, 5.74) is -0.884. The molecule has 0 saturated carbocycles. The van der Waals surface area contributed by atoms with E-state index in [1.54, 1.807) is 40.2 Å². The highest BCUT2D eigenvalue weighted by Crippen LogP contribution is 2.52. The molecule has 0 aromatic carbocycles. The molecule has 5 fully saturated rings. The molecule has 0 amide bonds. The fraction of sp³-hybridized carbons (Fsp3) is 0.812. The molecule has 7 rings (SSSR count). The minimum Gasteiger partial charge on any atom is -0.462 e. The van der Waals surface area contributed by atoms with E-state index < -0.39 is 103 Å². The average Bonchev–Trinajstić information content (AvgIpc) is 3.52. The molecule has 15 heteroatoms. The number of fused-ring (bicyclic) bond motifs is 2. The highest BCUT2D eigenvalue weighted by atomic mass is 16.7. The molecule has 7 aliphatic rings. The highest BCUT2D eigenvalue weighted by molar-refractivity contribution is 5.79. The van der Waals surface area contributed by atoms with Gasteiger partial charge in [-0.1, -0.05) is 64.5 Å². The van der Waals surface area contributed by atoms with E-state index in [9.17, 15) is 25.2 Å². The van der Waals surface area contributed by atoms with Crippen LogP contribution in [0, 0.1) is 23.7 Å². The Kier molecular flexibility index (Phi) is 15.2. The lowest BCUT2D eigenvalue weighted by Crippen LogP contribution is -2.66. The molecule has 4 N–H and O–H groups in total. The van der Waals surface area contributed by atoms with Gasteiger partial charge in [0.05, 0.1) is 49.3 Å². The van der Waals surface area contributed by atoms with Crippen LogP contribution in [0.2, 0.25) is 0 Å². The summed E-state index contributed by atoms with van der Waals surface area (Å²) in [5.74, 6) is -5.24. The predicted octanol–water partition coefficient (Wildman–Crippen LogP) is 4.92. The van der Waals surface area contributed by atoms with Crippen molar-refractivity contribution in [2.45, 2.75) is 204 Å². The number of methoxy groups -OCH3 is 2. The monoisotopic (exact) mass is 891 g/mol. The van der Waals surface area contributed by atoms with E-state index in [0.29, 0.717) is 44.4 Å². The van der Waals surface area contributed by atoms with Gasteiger partial charge in [-0.3, -0.25) is 4.79 Å². The number of hydrogen-bond donors (Lipinski definition) is 4. The minimum absolute atomic E-state index is 0.0448. The molecule has 0 radical (unpaired) electrons. The molecule has 15 nitrogen and oxygen atoms in total. The van der Waals surface area contributed by atoms with Crippen LogP contribution in [0.15, 0.2) is 47.1 Å². The quantitative estimate of drug-likeness (QED) is 0.190. The lowest BCUT2D eigenvalue weighted by atomic mass is 9.68. The van der Waals surface area contributed by atoms with Gasteiger partial charge in [0, 0.05) is 52.2 Å². The number of ether oxygens (including phenoxy) is 10. The Hall–Kier alpha value is -2.09. The number of carbonyl (C=O) groups excluding carboxylic acids is 1. The van der Waals surface area contributed by atoms with Gasteiger partial charge in [-0.2, -0.15) is 0 Å². The van der Waals surface area contributed by atoms with Crippen molar-refractivity contribution < 1.29 is 72.6 Å². The minimum atomic E-state index is -2.49. The van der Waals surface area contributed by atoms with Crippen molar-refractivity contribution >= 4 is 5.97 Å². The van der Waals surface area contributed by atoms with Crippen molar-refractivity contribution in [2.75, 3.05) is 20.8 Å². The molecule has 1 aliphatic carbocycles. The maximum atomic E-state index is 14.4. The lowest BCUT2D eigenvalue weighted by molar-refractivity contribution is -0.341. The lowest BCUT2D eigenvalue weighted by Gasteiger charge is -2.51. The van der Waals surface area contributed by atoms with E-state index in [4.69, 9.17) is 47.4 Å². The summed E-state index contributed by atoms with van der Waals surface area (Å²) in [6, 6.07) is 0. The Balaban J connectivity index is 1.19. The van der Waals surface area contributed by atoms with E-state index >= 15 is 0 Å². The second-order valence-electron chi connectivity index (χ2n) is 19.5. The zero-order valence-electron chi connectivity index (χ0n) is 38.8. The van der Waals surface area contributed by atoms with E-state index in [0.717, 1.165) is 18.4 Å². The number of esters is 1. The largest absolute Gasteiger partial charge is 0.462 e. The van der Waals surface area contributed by atoms with Crippen LogP contribution in [-0.4, -0.2) is 144 Å². The third kappa shape index (κ3) is 9.57. The normalized spacial score (nSPS) is 50.0. The van der Waals surface area contributed by atoms with Gasteiger partial charge in [-0.05, 0) is 69.1 Å². The molecule has 2 bridgehead atoms. The van der Waals surface area contributed by atoms with E-state index in [1.807, 2.05) is 26.8 Å². The Morgan fingerprint density at radius 3 is 2.32 bits per heavy atom. The van der Waals surface area contributed by atoms with Crippen molar-refractivity contribution in [1.29, 1.82) is 0 Å². The van der Waals surface area contributed by atoms with Gasteiger partial charge in [0.1, 0.15) is 30.3 Å². The summed E-state index contributed by atoms with van der Waals surface area (Å²) in [4.78, 5) is 14.4. The van der Waals surface area contributed by atoms with E-state index in [-0.39, 0.29) is 35.7 Å². The smallest absolute Gasteiger partial charge is 0.316 e. The zero-order chi connectivity index (χ0) is 45.6. The van der Waals surface area contributed by atoms with Gasteiger partial charge in [-0.25, -0.2) is 0 Å². The van der Waals surface area contributed by atoms with Crippen molar-refractivity contribution in [1.82, 2.24) is 0 Å². The number of aliphatic hydroxyl groups excluding tert-OH is 2. The number of allylic oxidation sites excluding steroid dienone is 2. The van der Waals surface area contributed by atoms with Crippen LogP contribution in [0.5, 0.6) is 0 Å². The second-order valence-corrected chi connectivity index (χ2v) is 19.5. The van der Waals surface area contributed by atoms with Crippen LogP contribution in [0.1, 0.15) is 107 Å². The summed E-state index contributed by atoms with van der Waals surface area (Å²) in [7, 11) is 3.20. The van der Waals surface area contributed by atoms with Crippen molar-refractivity contribution in [3.8, 4) is 0 Å². The van der Waals surface area contributed by atoms with Crippen LogP contribution >= 0.6 is 0 Å². The number of carbonyl (C=O) groups is 1. The van der Waals surface area contributed by atoms with Crippen LogP contribution < -0.4 is 0 Å². The first-order valence-electron chi connectivity index (χ1n) is 23.3. The maximum Gasteiger partial charge on any atom is 0.316 e. The molecule has 5 saturated heterocycles. The Morgan fingerprint density at radius 2 is 1.60 bits per heavy atom. The van der Waals surface area contributed by atoms with Crippen LogP contribution in [0.3, 0.4) is 0 Å². The van der Waals surface area contributed by atoms with Gasteiger partial charge in [-0.15, -0.1) is 0 Å². The van der Waals surface area contributed by atoms with Gasteiger partial charge < -0.3 is 67.8 Å². The fourth-order valence-electron chi connectivity index (χ4n) is 11.0. The van der Waals surface area contributed by atoms with Crippen LogP contribution in [0.4, 0.5) is 0 Å². The SMILES string of the molecule is CC[C@H](C)[C@H]1O[C@]2(CC[C@@H]1C)C[C@@H]1C[C@@H](C/C=C(\C)[C@@H](O[C@H]3C[C@H](OC)[C@@H](O[C@H]4C[C@H](OC)[C@@H](O)[C@H](C)O4)[C@H](C)O3)[C@@H](C)/C=C/C=C3\CO[C@]4(O)[C@H](O)C(C)=C[C@@H](C(=O)O1)[C@]34O)O2. The molecule has 20 atom stereocenters. The number of aliphatic hydroxyl groups is 4. The van der Waals surface area contributed by atoms with Gasteiger partial charge in [0.25, 0.3) is 0 Å². The van der Waals surface area contributed by atoms with Crippen LogP contribution in [0.25, 0.3) is 0 Å². The molecule has 356 valence electrons. The van der Waals surface area contributed by atoms with Crippen LogP contribution in [-0.2, 0) is 52.2 Å². The third-order valence-electron chi connectivity index (χ3n) is 15.1. The molecular weight excluding hydrogens is 817 g/mol. The predicted molar refractivity (Wildman–Crippen MR) is 229 cm³/mol. The summed E-state index contributed by atoms with van der Waals surface area (Å²) in [5, 5.41) is 46.2. The number of hydrogen-bond acceptors (Lipinski definition) is 15. The number of rotatable bonds is 8. The van der Waals surface area contributed by atoms with Gasteiger partial charge >= 0.3 is 5.97 Å². The Morgan fingerprint density at radius 1 is 0.905 bits per heavy atom. The van der Waals surface area contributed by atoms with Crippen molar-refractivity contribution in [3.05, 3.63) is 47.1 Å². The topological polar surface area (TPSA) is 190 Å². The maximum absolute atomic E-state index is 14.4. The van der Waals surface area contributed by atoms with Gasteiger partial charge in [0.2, 0.25) is 5.79 Å². The molecule has 0 aromatic heterocycles. The van der Waals surface area contributed by atoms with E-state index in [1.165, 1.54) is 6.08 Å². The van der Waals surface area contributed by atoms with E-state index in [2.05, 4.69) is 26.8 Å². The first-order valence-corrected chi connectivity index (χ1v) is 23.3. The summed E-state index contributed by atoms with van der Waals surface area (Å²) in [6.45, 7) is 15.7. The first kappa shape index (κ1) is 48.8. The fourth-order valence-corrected chi connectivity index (χ4v) is 11.0. The molecule has 63 heavy (non-hydrogen) atoms. The standard InChI is InChI=1S/C48H74O15/c1-11-25(2)42-28(5)17-18-46(63-42)23-34-20-33(62-46)16-15-27(4)41(60-39-22-37(55-10)43(31(8)58-39)61-38-21-36(54-9)40(49)30(7)57-38)26(3)13-12-14-32-24-56-48(53)44(50)29(6)19-35(45(51)59-34)47(32,48)52/h12-15,19,25-26,28,30-31,33-44,49-50,52-53H,11,16-18,20-24H2,1-10H3/b13-12+,27-15+,32-14+/t25-,26-,28-,30-,31-,33+,34-,35-,36-,37-,38-,39-,40-,41-,42+,43-,44+,46+,47+,48+/m0/s1. The highest BCUT2D eigenvalue weighted by Gasteiger charge is 2.69.